The molecule has 2 heterocycles. The zero-order valence-electron chi connectivity index (χ0n) is 12.4. The first-order valence-electron chi connectivity index (χ1n) is 6.31. The molecule has 0 N–H and O–H groups in total. The largest absolute Gasteiger partial charge is 0.479 e. The molecular weight excluding hydrogens is 294 g/mol. The maximum atomic E-state index is 11.2. The van der Waals surface area contributed by atoms with Gasteiger partial charge in [-0.3, -0.25) is 9.48 Å². The number of aryl methyl sites for hydroxylation is 1. The van der Waals surface area contributed by atoms with Gasteiger partial charge in [-0.25, -0.2) is 0 Å². The van der Waals surface area contributed by atoms with Gasteiger partial charge in [0.15, 0.2) is 11.0 Å². The van der Waals surface area contributed by atoms with Crippen LogP contribution in [0.1, 0.15) is 6.92 Å². The van der Waals surface area contributed by atoms with Crippen molar-refractivity contribution in [2.75, 3.05) is 20.0 Å². The van der Waals surface area contributed by atoms with Gasteiger partial charge in [-0.15, -0.1) is 15.3 Å². The second-order valence-electron chi connectivity index (χ2n) is 4.14. The molecule has 0 aliphatic rings. The molecule has 0 amide bonds. The van der Waals surface area contributed by atoms with Crippen LogP contribution in [0.5, 0.6) is 5.88 Å². The lowest BCUT2D eigenvalue weighted by Gasteiger charge is -2.06. The Kier molecular flexibility index (Phi) is 4.84. The van der Waals surface area contributed by atoms with Crippen molar-refractivity contribution in [3.05, 3.63) is 6.20 Å². The minimum Gasteiger partial charge on any atom is -0.479 e. The van der Waals surface area contributed by atoms with Gasteiger partial charge in [0.2, 0.25) is 5.88 Å². The van der Waals surface area contributed by atoms with Gasteiger partial charge in [0.25, 0.3) is 0 Å². The molecule has 2 aromatic heterocycles. The van der Waals surface area contributed by atoms with E-state index in [-0.39, 0.29) is 11.7 Å². The van der Waals surface area contributed by atoms with E-state index >= 15 is 0 Å². The molecule has 2 aromatic rings. The van der Waals surface area contributed by atoms with Crippen molar-refractivity contribution >= 4 is 17.7 Å². The molecule has 114 valence electrons. The van der Waals surface area contributed by atoms with Crippen molar-refractivity contribution in [3.63, 3.8) is 0 Å². The maximum Gasteiger partial charge on any atom is 0.316 e. The molecule has 0 bridgehead atoms. The van der Waals surface area contributed by atoms with Crippen LogP contribution in [0.25, 0.3) is 11.4 Å². The monoisotopic (exact) mass is 311 g/mol. The van der Waals surface area contributed by atoms with Crippen molar-refractivity contribution in [2.24, 2.45) is 7.05 Å². The summed E-state index contributed by atoms with van der Waals surface area (Å²) in [5, 5.41) is 13.2. The number of carbonyl (C=O) groups is 1. The van der Waals surface area contributed by atoms with E-state index in [2.05, 4.69) is 20.0 Å². The Morgan fingerprint density at radius 3 is 2.76 bits per heavy atom. The SMILES string of the molecule is CCn1c(SCC(=O)OC)nnc1-c1cn(C)nc1OC. The molecule has 21 heavy (non-hydrogen) atoms. The van der Waals surface area contributed by atoms with E-state index in [9.17, 15) is 4.79 Å². The van der Waals surface area contributed by atoms with Crippen molar-refractivity contribution < 1.29 is 14.3 Å². The summed E-state index contributed by atoms with van der Waals surface area (Å²) in [7, 11) is 4.73. The van der Waals surface area contributed by atoms with Crippen molar-refractivity contribution in [1.82, 2.24) is 24.5 Å². The van der Waals surface area contributed by atoms with Gasteiger partial charge in [-0.2, -0.15) is 0 Å². The van der Waals surface area contributed by atoms with E-state index in [1.165, 1.54) is 18.9 Å². The Morgan fingerprint density at radius 2 is 2.14 bits per heavy atom. The lowest BCUT2D eigenvalue weighted by atomic mass is 10.3. The maximum absolute atomic E-state index is 11.2. The predicted octanol–water partition coefficient (Wildman–Crippen LogP) is 0.972. The molecule has 0 atom stereocenters. The van der Waals surface area contributed by atoms with Crippen LogP contribution in [0.3, 0.4) is 0 Å². The van der Waals surface area contributed by atoms with E-state index in [1.807, 2.05) is 24.7 Å². The van der Waals surface area contributed by atoms with Crippen molar-refractivity contribution in [3.8, 4) is 17.3 Å². The Hall–Kier alpha value is -2.03. The van der Waals surface area contributed by atoms with Gasteiger partial charge in [0.1, 0.15) is 5.56 Å². The van der Waals surface area contributed by atoms with E-state index < -0.39 is 0 Å². The van der Waals surface area contributed by atoms with Crippen LogP contribution in [0.15, 0.2) is 11.4 Å². The highest BCUT2D eigenvalue weighted by molar-refractivity contribution is 7.99. The topological polar surface area (TPSA) is 84.1 Å². The van der Waals surface area contributed by atoms with Gasteiger partial charge >= 0.3 is 5.97 Å². The van der Waals surface area contributed by atoms with Gasteiger partial charge in [0, 0.05) is 19.8 Å². The molecule has 0 saturated carbocycles. The standard InChI is InChI=1S/C12H17N5O3S/c1-5-17-10(8-6-16(2)15-11(8)20-4)13-14-12(17)21-7-9(18)19-3/h6H,5,7H2,1-4H3. The molecule has 0 aliphatic carbocycles. The smallest absolute Gasteiger partial charge is 0.316 e. The summed E-state index contributed by atoms with van der Waals surface area (Å²) >= 11 is 1.29. The Bertz CT molecular complexity index is 637. The first-order valence-corrected chi connectivity index (χ1v) is 7.30. The second kappa shape index (κ2) is 6.61. The summed E-state index contributed by atoms with van der Waals surface area (Å²) < 4.78 is 13.4. The summed E-state index contributed by atoms with van der Waals surface area (Å²) in [5.41, 5.74) is 0.763. The number of aromatic nitrogens is 5. The average molecular weight is 311 g/mol. The normalized spacial score (nSPS) is 10.7. The zero-order valence-corrected chi connectivity index (χ0v) is 13.2. The fourth-order valence-electron chi connectivity index (χ4n) is 1.83. The molecule has 0 saturated heterocycles. The molecule has 0 fully saturated rings. The van der Waals surface area contributed by atoms with Gasteiger partial charge in [0.05, 0.1) is 20.0 Å². The number of hydrogen-bond donors (Lipinski definition) is 0. The van der Waals surface area contributed by atoms with Gasteiger partial charge < -0.3 is 14.0 Å². The van der Waals surface area contributed by atoms with E-state index in [4.69, 9.17) is 4.74 Å². The molecule has 0 spiro atoms. The van der Waals surface area contributed by atoms with Crippen LogP contribution in [0, 0.1) is 0 Å². The molecule has 2 rings (SSSR count). The molecule has 0 radical (unpaired) electrons. The number of thioether (sulfide) groups is 1. The second-order valence-corrected chi connectivity index (χ2v) is 5.08. The summed E-state index contributed by atoms with van der Waals surface area (Å²) in [6.07, 6.45) is 1.82. The average Bonchev–Trinajstić information content (AvgIpc) is 3.06. The Labute approximate surface area is 126 Å². The lowest BCUT2D eigenvalue weighted by Crippen LogP contribution is -2.05. The number of rotatable bonds is 6. The molecule has 8 nitrogen and oxygen atoms in total. The molecule has 0 aromatic carbocycles. The highest BCUT2D eigenvalue weighted by Crippen LogP contribution is 2.29. The minimum absolute atomic E-state index is 0.193. The third-order valence-corrected chi connectivity index (χ3v) is 3.75. The minimum atomic E-state index is -0.300. The number of esters is 1. The molecule has 0 unspecified atom stereocenters. The Balaban J connectivity index is 2.32. The van der Waals surface area contributed by atoms with Crippen LogP contribution in [-0.4, -0.2) is 50.5 Å². The summed E-state index contributed by atoms with van der Waals surface area (Å²) in [6.45, 7) is 2.65. The van der Waals surface area contributed by atoms with Crippen LogP contribution in [-0.2, 0) is 23.1 Å². The van der Waals surface area contributed by atoms with Crippen molar-refractivity contribution in [1.29, 1.82) is 0 Å². The van der Waals surface area contributed by atoms with Gasteiger partial charge in [-0.1, -0.05) is 11.8 Å². The van der Waals surface area contributed by atoms with E-state index in [1.54, 1.807) is 11.8 Å². The number of ether oxygens (including phenoxy) is 2. The summed E-state index contributed by atoms with van der Waals surface area (Å²) in [4.78, 5) is 11.2. The lowest BCUT2D eigenvalue weighted by molar-refractivity contribution is -0.137. The van der Waals surface area contributed by atoms with Crippen LogP contribution in [0.2, 0.25) is 0 Å². The predicted molar refractivity (Wildman–Crippen MR) is 77.2 cm³/mol. The summed E-state index contributed by atoms with van der Waals surface area (Å²) in [6, 6.07) is 0. The van der Waals surface area contributed by atoms with Crippen LogP contribution >= 0.6 is 11.8 Å². The number of methoxy groups -OCH3 is 2. The fourth-order valence-corrected chi connectivity index (χ4v) is 2.67. The molecule has 0 aliphatic heterocycles. The highest BCUT2D eigenvalue weighted by Gasteiger charge is 2.20. The Morgan fingerprint density at radius 1 is 1.38 bits per heavy atom. The highest BCUT2D eigenvalue weighted by atomic mass is 32.2. The number of hydrogen-bond acceptors (Lipinski definition) is 7. The first kappa shape index (κ1) is 15.4. The van der Waals surface area contributed by atoms with E-state index in [0.29, 0.717) is 23.4 Å². The third-order valence-electron chi connectivity index (χ3n) is 2.81. The van der Waals surface area contributed by atoms with E-state index in [0.717, 1.165) is 5.56 Å². The van der Waals surface area contributed by atoms with Crippen LogP contribution < -0.4 is 4.74 Å². The van der Waals surface area contributed by atoms with Crippen LogP contribution in [0.4, 0.5) is 0 Å². The number of carbonyl (C=O) groups excluding carboxylic acids is 1. The molecular formula is C12H17N5O3S. The zero-order chi connectivity index (χ0) is 15.4. The quantitative estimate of drug-likeness (QED) is 0.580. The number of nitrogens with zero attached hydrogens (tertiary/aromatic N) is 5. The third kappa shape index (κ3) is 3.18. The molecule has 9 heteroatoms. The summed E-state index contributed by atoms with van der Waals surface area (Å²) in [5.74, 6) is 1.05. The first-order chi connectivity index (χ1) is 10.1. The van der Waals surface area contributed by atoms with Crippen molar-refractivity contribution in [2.45, 2.75) is 18.6 Å². The fraction of sp³-hybridized carbons (Fsp3) is 0.500. The van der Waals surface area contributed by atoms with Gasteiger partial charge in [-0.05, 0) is 6.92 Å².